The van der Waals surface area contributed by atoms with E-state index in [1.165, 1.54) is 45.9 Å². The number of sulfonamides is 1. The van der Waals surface area contributed by atoms with Gasteiger partial charge in [0.1, 0.15) is 17.0 Å². The summed E-state index contributed by atoms with van der Waals surface area (Å²) < 4.78 is 44.0. The maximum absolute atomic E-state index is 15.0. The molecule has 0 aliphatic heterocycles. The van der Waals surface area contributed by atoms with Gasteiger partial charge in [-0.05, 0) is 84.3 Å². The number of nitrogens with one attached hydrogen (secondary N) is 1. The third-order valence-corrected chi connectivity index (χ3v) is 9.19. The Balaban J connectivity index is 1.70. The first-order valence-corrected chi connectivity index (χ1v) is 15.9. The van der Waals surface area contributed by atoms with Crippen LogP contribution >= 0.6 is 22.6 Å². The standard InChI is InChI=1S/C30H25FIN5O5S/c1-16-26-25(27(35(2)28(16)38)34-23-13-10-18(32)15-22(23)31)29(39)37(19-11-12-19)30(40)36(26)20-7-5-6-17(14-20)21-8-3-4-9-24(21)43(33,41)42/h3-10,13-15,19,34H,11-12H2,1-2H3,(H2,33,41,42). The summed E-state index contributed by atoms with van der Waals surface area (Å²) in [7, 11) is -2.60. The van der Waals surface area contributed by atoms with Gasteiger partial charge >= 0.3 is 5.69 Å². The van der Waals surface area contributed by atoms with E-state index in [1.54, 1.807) is 48.5 Å². The highest BCUT2D eigenvalue weighted by atomic mass is 127. The molecule has 6 rings (SSSR count). The largest absolute Gasteiger partial charge is 0.338 e. The summed E-state index contributed by atoms with van der Waals surface area (Å²) in [5.74, 6) is -0.542. The molecule has 0 spiro atoms. The van der Waals surface area contributed by atoms with Crippen LogP contribution in [0.2, 0.25) is 0 Å². The predicted octanol–water partition coefficient (Wildman–Crippen LogP) is 4.30. The van der Waals surface area contributed by atoms with Gasteiger partial charge in [-0.15, -0.1) is 0 Å². The van der Waals surface area contributed by atoms with Crippen molar-refractivity contribution in [3.05, 3.63) is 113 Å². The summed E-state index contributed by atoms with van der Waals surface area (Å²) in [6.45, 7) is 1.52. The Hall–Kier alpha value is -4.08. The van der Waals surface area contributed by atoms with Crippen LogP contribution in [0.1, 0.15) is 24.4 Å². The zero-order chi connectivity index (χ0) is 30.8. The van der Waals surface area contributed by atoms with Crippen molar-refractivity contribution in [2.75, 3.05) is 5.32 Å². The van der Waals surface area contributed by atoms with Crippen LogP contribution in [-0.4, -0.2) is 22.1 Å². The van der Waals surface area contributed by atoms with Gasteiger partial charge < -0.3 is 5.32 Å². The number of hydrogen-bond donors (Lipinski definition) is 2. The minimum Gasteiger partial charge on any atom is -0.338 e. The number of rotatable bonds is 6. The number of hydrogen-bond acceptors (Lipinski definition) is 6. The minimum absolute atomic E-state index is 0.0367. The quantitative estimate of drug-likeness (QED) is 0.252. The van der Waals surface area contributed by atoms with Crippen molar-refractivity contribution in [1.82, 2.24) is 13.7 Å². The number of nitrogens with two attached hydrogens (primary N) is 1. The van der Waals surface area contributed by atoms with Crippen molar-refractivity contribution in [2.45, 2.75) is 30.7 Å². The fourth-order valence-corrected chi connectivity index (χ4v) is 6.55. The second-order valence-corrected chi connectivity index (χ2v) is 13.2. The SMILES string of the molecule is Cc1c(=O)n(C)c(Nc2ccc(I)cc2F)c2c(=O)n(C3CC3)c(=O)n(-c3cccc(-c4ccccc4S(N)(=O)=O)c3)c12. The molecule has 2 heterocycles. The summed E-state index contributed by atoms with van der Waals surface area (Å²) in [6, 6.07) is 17.0. The molecule has 3 aromatic carbocycles. The third kappa shape index (κ3) is 5.00. The van der Waals surface area contributed by atoms with Crippen LogP contribution in [0.4, 0.5) is 15.9 Å². The van der Waals surface area contributed by atoms with Gasteiger partial charge in [0.15, 0.2) is 0 Å². The van der Waals surface area contributed by atoms with Crippen molar-refractivity contribution in [1.29, 1.82) is 0 Å². The van der Waals surface area contributed by atoms with Crippen molar-refractivity contribution < 1.29 is 12.8 Å². The molecular weight excluding hydrogens is 688 g/mol. The Morgan fingerprint density at radius 1 is 0.977 bits per heavy atom. The summed E-state index contributed by atoms with van der Waals surface area (Å²) in [5.41, 5.74) is -0.393. The maximum atomic E-state index is 15.0. The average molecular weight is 714 g/mol. The normalized spacial score (nSPS) is 13.4. The topological polar surface area (TPSA) is 138 Å². The smallest absolute Gasteiger partial charge is 0.336 e. The summed E-state index contributed by atoms with van der Waals surface area (Å²) in [6.07, 6.45) is 1.25. The van der Waals surface area contributed by atoms with E-state index < -0.39 is 32.6 Å². The molecule has 0 unspecified atom stereocenters. The fourth-order valence-electron chi connectivity index (χ4n) is 5.34. The molecule has 0 amide bonds. The Morgan fingerprint density at radius 2 is 1.70 bits per heavy atom. The number of halogens is 2. The van der Waals surface area contributed by atoms with Crippen molar-refractivity contribution >= 4 is 55.0 Å². The number of aromatic nitrogens is 3. The predicted molar refractivity (Wildman–Crippen MR) is 171 cm³/mol. The van der Waals surface area contributed by atoms with Crippen LogP contribution in [0, 0.1) is 16.3 Å². The number of primary sulfonamides is 1. The summed E-state index contributed by atoms with van der Waals surface area (Å²) in [4.78, 5) is 41.6. The summed E-state index contributed by atoms with van der Waals surface area (Å²) in [5, 5.41) is 8.46. The average Bonchev–Trinajstić information content (AvgIpc) is 3.80. The molecule has 0 radical (unpaired) electrons. The second-order valence-electron chi connectivity index (χ2n) is 10.4. The van der Waals surface area contributed by atoms with E-state index >= 15 is 0 Å². The number of pyridine rings is 1. The van der Waals surface area contributed by atoms with Crippen LogP contribution < -0.4 is 27.3 Å². The highest BCUT2D eigenvalue weighted by Crippen LogP contribution is 2.35. The molecule has 3 N–H and O–H groups in total. The molecule has 43 heavy (non-hydrogen) atoms. The highest BCUT2D eigenvalue weighted by molar-refractivity contribution is 14.1. The number of nitrogens with zero attached hydrogens (tertiary/aromatic N) is 3. The van der Waals surface area contributed by atoms with Gasteiger partial charge in [-0.2, -0.15) is 0 Å². The number of aryl methyl sites for hydroxylation is 1. The lowest BCUT2D eigenvalue weighted by Gasteiger charge is -2.21. The Morgan fingerprint density at radius 3 is 2.37 bits per heavy atom. The molecule has 2 aromatic heterocycles. The van der Waals surface area contributed by atoms with E-state index in [0.717, 1.165) is 0 Å². The molecule has 1 aliphatic carbocycles. The van der Waals surface area contributed by atoms with Gasteiger partial charge in [-0.3, -0.25) is 23.3 Å². The number of fused-ring (bicyclic) bond motifs is 1. The van der Waals surface area contributed by atoms with Crippen LogP contribution in [0.25, 0.3) is 27.7 Å². The van der Waals surface area contributed by atoms with E-state index in [0.29, 0.717) is 33.2 Å². The Labute approximate surface area is 258 Å². The van der Waals surface area contributed by atoms with Gasteiger partial charge in [0.2, 0.25) is 10.0 Å². The Kier molecular flexibility index (Phi) is 7.13. The summed E-state index contributed by atoms with van der Waals surface area (Å²) >= 11 is 1.98. The highest BCUT2D eigenvalue weighted by Gasteiger charge is 2.32. The van der Waals surface area contributed by atoms with Crippen molar-refractivity contribution in [3.63, 3.8) is 0 Å². The van der Waals surface area contributed by atoms with E-state index in [2.05, 4.69) is 5.32 Å². The van der Waals surface area contributed by atoms with Gasteiger partial charge in [0.25, 0.3) is 11.1 Å². The zero-order valence-electron chi connectivity index (χ0n) is 23.0. The molecule has 220 valence electrons. The lowest BCUT2D eigenvalue weighted by Crippen LogP contribution is -2.41. The Bertz CT molecular complexity index is 2270. The van der Waals surface area contributed by atoms with Crippen LogP contribution in [0.3, 0.4) is 0 Å². The van der Waals surface area contributed by atoms with Gasteiger partial charge in [0, 0.05) is 27.8 Å². The molecular formula is C30H25FIN5O5S. The third-order valence-electron chi connectivity index (χ3n) is 7.55. The van der Waals surface area contributed by atoms with E-state index in [9.17, 15) is 27.2 Å². The first kappa shape index (κ1) is 29.0. The first-order chi connectivity index (χ1) is 20.4. The maximum Gasteiger partial charge on any atom is 0.336 e. The lowest BCUT2D eigenvalue weighted by atomic mass is 10.0. The van der Waals surface area contributed by atoms with Crippen LogP contribution in [-0.2, 0) is 17.1 Å². The molecule has 5 aromatic rings. The number of benzene rings is 3. The van der Waals surface area contributed by atoms with E-state index in [4.69, 9.17) is 5.14 Å². The fraction of sp³-hybridized carbons (Fsp3) is 0.167. The van der Waals surface area contributed by atoms with Crippen LogP contribution in [0.5, 0.6) is 0 Å². The molecule has 0 saturated heterocycles. The molecule has 1 aliphatic rings. The van der Waals surface area contributed by atoms with E-state index in [-0.39, 0.29) is 38.9 Å². The number of anilines is 2. The monoisotopic (exact) mass is 713 g/mol. The molecule has 1 fully saturated rings. The first-order valence-electron chi connectivity index (χ1n) is 13.2. The second kappa shape index (κ2) is 10.6. The van der Waals surface area contributed by atoms with Crippen molar-refractivity contribution in [3.8, 4) is 16.8 Å². The van der Waals surface area contributed by atoms with Crippen molar-refractivity contribution in [2.24, 2.45) is 12.2 Å². The van der Waals surface area contributed by atoms with Crippen LogP contribution in [0.15, 0.2) is 86.0 Å². The zero-order valence-corrected chi connectivity index (χ0v) is 25.9. The minimum atomic E-state index is -4.07. The molecule has 13 heteroatoms. The van der Waals surface area contributed by atoms with E-state index in [1.807, 2.05) is 22.6 Å². The lowest BCUT2D eigenvalue weighted by molar-refractivity contribution is 0.598. The molecule has 0 atom stereocenters. The molecule has 0 bridgehead atoms. The molecule has 1 saturated carbocycles. The van der Waals surface area contributed by atoms with Gasteiger partial charge in [0.05, 0.1) is 21.8 Å². The van der Waals surface area contributed by atoms with Gasteiger partial charge in [-0.1, -0.05) is 30.3 Å². The molecule has 10 nitrogen and oxygen atoms in total. The van der Waals surface area contributed by atoms with Gasteiger partial charge in [-0.25, -0.2) is 22.7 Å².